The molecule has 0 amide bonds. The maximum absolute atomic E-state index is 13.0. The van der Waals surface area contributed by atoms with Crippen molar-refractivity contribution in [1.82, 2.24) is 0 Å². The number of halogens is 2. The molecule has 0 fully saturated rings. The molecule has 0 saturated carbocycles. The fourth-order valence-corrected chi connectivity index (χ4v) is 1.61. The predicted molar refractivity (Wildman–Crippen MR) is 69.2 cm³/mol. The lowest BCUT2D eigenvalue weighted by molar-refractivity contribution is 0.339. The van der Waals surface area contributed by atoms with Crippen molar-refractivity contribution in [1.29, 1.82) is 0 Å². The van der Waals surface area contributed by atoms with E-state index >= 15 is 0 Å². The normalized spacial score (nSPS) is 10.6. The largest absolute Gasteiger partial charge is 0.491 e. The smallest absolute Gasteiger partial charge is 0.150 e. The standard InChI is InChI=1S/C12H12ClFO3S/c1-18(15,16)8-7-17-12-5-4-11(14)9-10(12)3-2-6-13/h4-5,9H,6-8H2,1H3. The lowest BCUT2D eigenvalue weighted by Crippen LogP contribution is -2.12. The fraction of sp³-hybridized carbons (Fsp3) is 0.333. The van der Waals surface area contributed by atoms with E-state index in [1.54, 1.807) is 0 Å². The van der Waals surface area contributed by atoms with Gasteiger partial charge in [-0.2, -0.15) is 0 Å². The predicted octanol–water partition coefficient (Wildman–Crippen LogP) is 1.84. The third-order valence-electron chi connectivity index (χ3n) is 1.94. The highest BCUT2D eigenvalue weighted by atomic mass is 35.5. The Kier molecular flexibility index (Phi) is 5.45. The van der Waals surface area contributed by atoms with Crippen molar-refractivity contribution in [3.8, 4) is 17.6 Å². The highest BCUT2D eigenvalue weighted by Crippen LogP contribution is 2.18. The van der Waals surface area contributed by atoms with E-state index in [0.717, 1.165) is 6.26 Å². The van der Waals surface area contributed by atoms with Gasteiger partial charge in [-0.3, -0.25) is 0 Å². The molecule has 0 heterocycles. The Morgan fingerprint density at radius 2 is 2.17 bits per heavy atom. The molecule has 0 spiro atoms. The lowest BCUT2D eigenvalue weighted by Gasteiger charge is -2.07. The Morgan fingerprint density at radius 3 is 2.78 bits per heavy atom. The summed E-state index contributed by atoms with van der Waals surface area (Å²) in [6.45, 7) is 0.0000205. The molecule has 1 aromatic rings. The van der Waals surface area contributed by atoms with Gasteiger partial charge in [-0.1, -0.05) is 11.8 Å². The molecular formula is C12H12ClFO3S. The summed E-state index contributed by atoms with van der Waals surface area (Å²) in [6, 6.07) is 3.85. The SMILES string of the molecule is CS(=O)(=O)CCOc1ccc(F)cc1C#CCCl. The first-order chi connectivity index (χ1) is 8.42. The maximum Gasteiger partial charge on any atom is 0.150 e. The van der Waals surface area contributed by atoms with E-state index in [4.69, 9.17) is 16.3 Å². The Hall–Kier alpha value is -1.25. The summed E-state index contributed by atoms with van der Waals surface area (Å²) in [5, 5.41) is 0. The van der Waals surface area contributed by atoms with E-state index in [9.17, 15) is 12.8 Å². The number of hydrogen-bond acceptors (Lipinski definition) is 3. The van der Waals surface area contributed by atoms with Crippen molar-refractivity contribution < 1.29 is 17.5 Å². The molecule has 0 aliphatic carbocycles. The highest BCUT2D eigenvalue weighted by Gasteiger charge is 2.06. The molecule has 6 heteroatoms. The van der Waals surface area contributed by atoms with Crippen LogP contribution in [0.5, 0.6) is 5.75 Å². The average Bonchev–Trinajstić information content (AvgIpc) is 2.27. The van der Waals surface area contributed by atoms with Crippen LogP contribution in [0.4, 0.5) is 4.39 Å². The van der Waals surface area contributed by atoms with Gasteiger partial charge < -0.3 is 4.74 Å². The van der Waals surface area contributed by atoms with Crippen LogP contribution in [0.2, 0.25) is 0 Å². The topological polar surface area (TPSA) is 43.4 Å². The summed E-state index contributed by atoms with van der Waals surface area (Å²) in [7, 11) is -3.09. The van der Waals surface area contributed by atoms with Crippen molar-refractivity contribution in [3.05, 3.63) is 29.6 Å². The highest BCUT2D eigenvalue weighted by molar-refractivity contribution is 7.90. The zero-order chi connectivity index (χ0) is 13.6. The summed E-state index contributed by atoms with van der Waals surface area (Å²) >= 11 is 5.42. The van der Waals surface area contributed by atoms with E-state index in [-0.39, 0.29) is 18.2 Å². The molecule has 0 aliphatic heterocycles. The molecule has 3 nitrogen and oxygen atoms in total. The van der Waals surface area contributed by atoms with E-state index in [1.807, 2.05) is 0 Å². The van der Waals surface area contributed by atoms with Gasteiger partial charge in [-0.15, -0.1) is 11.6 Å². The molecule has 18 heavy (non-hydrogen) atoms. The summed E-state index contributed by atoms with van der Waals surface area (Å²) < 4.78 is 40.2. The number of hydrogen-bond donors (Lipinski definition) is 0. The molecule has 0 radical (unpaired) electrons. The molecule has 0 aliphatic rings. The lowest BCUT2D eigenvalue weighted by atomic mass is 10.2. The first kappa shape index (κ1) is 14.8. The summed E-state index contributed by atoms with van der Waals surface area (Å²) in [5.74, 6) is 5.17. The fourth-order valence-electron chi connectivity index (χ4n) is 1.16. The zero-order valence-electron chi connectivity index (χ0n) is 9.74. The minimum Gasteiger partial charge on any atom is -0.491 e. The van der Waals surface area contributed by atoms with E-state index < -0.39 is 15.7 Å². The van der Waals surface area contributed by atoms with Gasteiger partial charge in [-0.25, -0.2) is 12.8 Å². The second-order valence-electron chi connectivity index (χ2n) is 3.55. The Morgan fingerprint density at radius 1 is 1.44 bits per heavy atom. The van der Waals surface area contributed by atoms with Crippen LogP contribution >= 0.6 is 11.6 Å². The minimum absolute atomic E-state index is 0.0000205. The van der Waals surface area contributed by atoms with Gasteiger partial charge in [0.25, 0.3) is 0 Å². The second-order valence-corrected chi connectivity index (χ2v) is 6.08. The van der Waals surface area contributed by atoms with Crippen LogP contribution in [-0.2, 0) is 9.84 Å². The third kappa shape index (κ3) is 5.39. The summed E-state index contributed by atoms with van der Waals surface area (Å²) in [4.78, 5) is 0. The van der Waals surface area contributed by atoms with Gasteiger partial charge in [-0.05, 0) is 18.2 Å². The Labute approximate surface area is 111 Å². The van der Waals surface area contributed by atoms with Gasteiger partial charge in [0, 0.05) is 6.26 Å². The minimum atomic E-state index is -3.09. The van der Waals surface area contributed by atoms with Crippen molar-refractivity contribution in [3.63, 3.8) is 0 Å². The van der Waals surface area contributed by atoms with Crippen LogP contribution < -0.4 is 4.74 Å². The van der Waals surface area contributed by atoms with Gasteiger partial charge in [0.1, 0.15) is 18.2 Å². The Bertz CT molecular complexity index is 573. The molecule has 1 aromatic carbocycles. The van der Waals surface area contributed by atoms with Crippen LogP contribution in [0.25, 0.3) is 0 Å². The number of benzene rings is 1. The van der Waals surface area contributed by atoms with Crippen LogP contribution in [-0.4, -0.2) is 32.9 Å². The molecule has 98 valence electrons. The first-order valence-corrected chi connectivity index (χ1v) is 7.67. The van der Waals surface area contributed by atoms with Gasteiger partial charge >= 0.3 is 0 Å². The van der Waals surface area contributed by atoms with Crippen molar-refractivity contribution in [2.75, 3.05) is 24.5 Å². The number of rotatable bonds is 4. The molecule has 0 saturated heterocycles. The maximum atomic E-state index is 13.0. The Balaban J connectivity index is 2.81. The molecule has 0 N–H and O–H groups in total. The zero-order valence-corrected chi connectivity index (χ0v) is 11.3. The quantitative estimate of drug-likeness (QED) is 0.628. The van der Waals surface area contributed by atoms with Crippen molar-refractivity contribution in [2.45, 2.75) is 0 Å². The van der Waals surface area contributed by atoms with Crippen LogP contribution in [0.15, 0.2) is 18.2 Å². The van der Waals surface area contributed by atoms with Crippen molar-refractivity contribution >= 4 is 21.4 Å². The monoisotopic (exact) mass is 290 g/mol. The van der Waals surface area contributed by atoms with Gasteiger partial charge in [0.2, 0.25) is 0 Å². The van der Waals surface area contributed by atoms with Crippen LogP contribution in [0.3, 0.4) is 0 Å². The van der Waals surface area contributed by atoms with E-state index in [1.165, 1.54) is 18.2 Å². The summed E-state index contributed by atoms with van der Waals surface area (Å²) in [6.07, 6.45) is 1.12. The third-order valence-corrected chi connectivity index (χ3v) is 2.99. The molecular weight excluding hydrogens is 279 g/mol. The first-order valence-electron chi connectivity index (χ1n) is 5.07. The van der Waals surface area contributed by atoms with E-state index in [0.29, 0.717) is 11.3 Å². The molecule has 0 bridgehead atoms. The molecule has 0 aromatic heterocycles. The molecule has 0 unspecified atom stereocenters. The van der Waals surface area contributed by atoms with E-state index in [2.05, 4.69) is 11.8 Å². The second kappa shape index (κ2) is 6.62. The van der Waals surface area contributed by atoms with Gasteiger partial charge in [0.15, 0.2) is 9.84 Å². The van der Waals surface area contributed by atoms with Crippen molar-refractivity contribution in [2.24, 2.45) is 0 Å². The summed E-state index contributed by atoms with van der Waals surface area (Å²) in [5.41, 5.74) is 0.351. The molecule has 0 atom stereocenters. The van der Waals surface area contributed by atoms with Gasteiger partial charge in [0.05, 0.1) is 17.2 Å². The van der Waals surface area contributed by atoms with Crippen LogP contribution in [0, 0.1) is 17.7 Å². The number of sulfone groups is 1. The number of alkyl halides is 1. The average molecular weight is 291 g/mol. The molecule has 1 rings (SSSR count). The number of ether oxygens (including phenoxy) is 1. The van der Waals surface area contributed by atoms with Crippen LogP contribution in [0.1, 0.15) is 5.56 Å².